The van der Waals surface area contributed by atoms with Crippen LogP contribution < -0.4 is 5.32 Å². The second-order valence-electron chi connectivity index (χ2n) is 10.4. The smallest absolute Gasteiger partial charge is 0.251 e. The highest BCUT2D eigenvalue weighted by atomic mass is 16.1. The number of rotatable bonds is 7. The SMILES string of the molecule is CC1CCN(Cc2ccc(CNC(=O)c3ccc(CN4CCc5ccccc5C4)cc3)cc2)CC1. The summed E-state index contributed by atoms with van der Waals surface area (Å²) >= 11 is 0. The topological polar surface area (TPSA) is 35.6 Å². The van der Waals surface area contributed by atoms with Gasteiger partial charge in [-0.25, -0.2) is 0 Å². The molecule has 4 heteroatoms. The summed E-state index contributed by atoms with van der Waals surface area (Å²) in [5.74, 6) is 0.844. The van der Waals surface area contributed by atoms with Crippen molar-refractivity contribution in [1.29, 1.82) is 0 Å². The molecule has 1 saturated heterocycles. The van der Waals surface area contributed by atoms with Gasteiger partial charge in [0.15, 0.2) is 0 Å². The minimum absolute atomic E-state index is 0.0186. The molecule has 182 valence electrons. The van der Waals surface area contributed by atoms with Crippen molar-refractivity contribution in [2.45, 2.75) is 52.4 Å². The summed E-state index contributed by atoms with van der Waals surface area (Å²) < 4.78 is 0. The first kappa shape index (κ1) is 23.8. The van der Waals surface area contributed by atoms with Crippen LogP contribution in [0.3, 0.4) is 0 Å². The van der Waals surface area contributed by atoms with Gasteiger partial charge in [0.25, 0.3) is 5.91 Å². The minimum atomic E-state index is -0.0186. The van der Waals surface area contributed by atoms with Crippen LogP contribution in [0, 0.1) is 5.92 Å². The third-order valence-electron chi connectivity index (χ3n) is 7.59. The van der Waals surface area contributed by atoms with E-state index in [1.54, 1.807) is 0 Å². The zero-order valence-corrected chi connectivity index (χ0v) is 20.9. The fraction of sp³-hybridized carbons (Fsp3) is 0.387. The molecule has 0 aliphatic carbocycles. The lowest BCUT2D eigenvalue weighted by atomic mass is 9.99. The van der Waals surface area contributed by atoms with Gasteiger partial charge in [0.05, 0.1) is 0 Å². The van der Waals surface area contributed by atoms with Gasteiger partial charge in [-0.2, -0.15) is 0 Å². The molecule has 0 atom stereocenters. The van der Waals surface area contributed by atoms with Gasteiger partial charge in [0.1, 0.15) is 0 Å². The van der Waals surface area contributed by atoms with E-state index in [1.807, 2.05) is 12.1 Å². The lowest BCUT2D eigenvalue weighted by Gasteiger charge is -2.30. The molecule has 0 unspecified atom stereocenters. The van der Waals surface area contributed by atoms with Crippen LogP contribution in [0.15, 0.2) is 72.8 Å². The summed E-state index contributed by atoms with van der Waals surface area (Å²) in [5, 5.41) is 3.07. The van der Waals surface area contributed by atoms with Gasteiger partial charge in [-0.1, -0.05) is 67.6 Å². The van der Waals surface area contributed by atoms with Crippen LogP contribution in [0.2, 0.25) is 0 Å². The van der Waals surface area contributed by atoms with E-state index in [-0.39, 0.29) is 5.91 Å². The lowest BCUT2D eigenvalue weighted by molar-refractivity contribution is 0.0951. The normalized spacial score (nSPS) is 17.2. The summed E-state index contributed by atoms with van der Waals surface area (Å²) in [5.41, 5.74) is 7.36. The van der Waals surface area contributed by atoms with E-state index >= 15 is 0 Å². The number of hydrogen-bond donors (Lipinski definition) is 1. The predicted octanol–water partition coefficient (Wildman–Crippen LogP) is 5.41. The van der Waals surface area contributed by atoms with Crippen molar-refractivity contribution < 1.29 is 4.79 Å². The van der Waals surface area contributed by atoms with E-state index in [2.05, 4.69) is 82.7 Å². The van der Waals surface area contributed by atoms with Crippen LogP contribution in [-0.4, -0.2) is 35.3 Å². The molecule has 4 nitrogen and oxygen atoms in total. The van der Waals surface area contributed by atoms with Crippen molar-refractivity contribution in [3.05, 3.63) is 106 Å². The molecular formula is C31H37N3O. The molecule has 2 aliphatic rings. The first-order chi connectivity index (χ1) is 17.1. The van der Waals surface area contributed by atoms with Crippen molar-refractivity contribution in [2.75, 3.05) is 19.6 Å². The first-order valence-electron chi connectivity index (χ1n) is 13.1. The molecule has 3 aromatic rings. The molecule has 1 amide bonds. The lowest BCUT2D eigenvalue weighted by Crippen LogP contribution is -2.32. The molecule has 2 heterocycles. The number of hydrogen-bond acceptors (Lipinski definition) is 3. The van der Waals surface area contributed by atoms with Crippen LogP contribution in [0.4, 0.5) is 0 Å². The maximum absolute atomic E-state index is 12.7. The number of benzene rings is 3. The van der Waals surface area contributed by atoms with E-state index in [0.717, 1.165) is 44.1 Å². The average molecular weight is 468 g/mol. The third kappa shape index (κ3) is 6.39. The number of piperidine rings is 1. The van der Waals surface area contributed by atoms with Gasteiger partial charge in [-0.15, -0.1) is 0 Å². The Balaban J connectivity index is 1.08. The Bertz CT molecular complexity index is 1110. The Morgan fingerprint density at radius 2 is 1.37 bits per heavy atom. The van der Waals surface area contributed by atoms with Crippen molar-refractivity contribution in [2.24, 2.45) is 5.92 Å². The Morgan fingerprint density at radius 3 is 2.09 bits per heavy atom. The minimum Gasteiger partial charge on any atom is -0.348 e. The molecule has 5 rings (SSSR count). The third-order valence-corrected chi connectivity index (χ3v) is 7.59. The highest BCUT2D eigenvalue weighted by molar-refractivity contribution is 5.94. The van der Waals surface area contributed by atoms with Crippen LogP contribution in [0.1, 0.15) is 57.9 Å². The summed E-state index contributed by atoms with van der Waals surface area (Å²) in [6, 6.07) is 25.5. The van der Waals surface area contributed by atoms with Crippen LogP contribution >= 0.6 is 0 Å². The van der Waals surface area contributed by atoms with E-state index in [1.165, 1.54) is 48.2 Å². The molecule has 35 heavy (non-hydrogen) atoms. The molecule has 0 saturated carbocycles. The largest absolute Gasteiger partial charge is 0.348 e. The maximum Gasteiger partial charge on any atom is 0.251 e. The van der Waals surface area contributed by atoms with E-state index < -0.39 is 0 Å². The number of nitrogens with one attached hydrogen (secondary N) is 1. The van der Waals surface area contributed by atoms with Crippen molar-refractivity contribution >= 4 is 5.91 Å². The van der Waals surface area contributed by atoms with Gasteiger partial charge < -0.3 is 5.32 Å². The molecule has 0 aromatic heterocycles. The van der Waals surface area contributed by atoms with Gasteiger partial charge >= 0.3 is 0 Å². The van der Waals surface area contributed by atoms with Crippen LogP contribution in [0.5, 0.6) is 0 Å². The Labute approximate surface area is 210 Å². The molecule has 3 aromatic carbocycles. The predicted molar refractivity (Wildman–Crippen MR) is 142 cm³/mol. The van der Waals surface area contributed by atoms with E-state index in [0.29, 0.717) is 12.1 Å². The van der Waals surface area contributed by atoms with Gasteiger partial charge in [-0.05, 0) is 78.2 Å². The van der Waals surface area contributed by atoms with Crippen molar-refractivity contribution in [3.63, 3.8) is 0 Å². The van der Waals surface area contributed by atoms with Gasteiger partial charge in [0.2, 0.25) is 0 Å². The zero-order valence-electron chi connectivity index (χ0n) is 20.9. The fourth-order valence-electron chi connectivity index (χ4n) is 5.23. The Hall–Kier alpha value is -2.95. The second-order valence-corrected chi connectivity index (χ2v) is 10.4. The zero-order chi connectivity index (χ0) is 24.0. The Kier molecular flexibility index (Phi) is 7.60. The van der Waals surface area contributed by atoms with Crippen LogP contribution in [0.25, 0.3) is 0 Å². The number of amides is 1. The molecule has 0 bridgehead atoms. The Morgan fingerprint density at radius 1 is 0.771 bits per heavy atom. The number of carbonyl (C=O) groups excluding carboxylic acids is 1. The highest BCUT2D eigenvalue weighted by Crippen LogP contribution is 2.21. The number of likely N-dealkylation sites (tertiary alicyclic amines) is 1. The summed E-state index contributed by atoms with van der Waals surface area (Å²) in [6.07, 6.45) is 3.71. The molecule has 1 N–H and O–H groups in total. The molecule has 0 spiro atoms. The number of fused-ring (bicyclic) bond motifs is 1. The maximum atomic E-state index is 12.7. The summed E-state index contributed by atoms with van der Waals surface area (Å²) in [6.45, 7) is 9.31. The number of carbonyl (C=O) groups is 1. The summed E-state index contributed by atoms with van der Waals surface area (Å²) in [4.78, 5) is 17.7. The first-order valence-corrected chi connectivity index (χ1v) is 13.1. The quantitative estimate of drug-likeness (QED) is 0.505. The molecule has 2 aliphatic heterocycles. The molecule has 1 fully saturated rings. The highest BCUT2D eigenvalue weighted by Gasteiger charge is 2.17. The summed E-state index contributed by atoms with van der Waals surface area (Å²) in [7, 11) is 0. The van der Waals surface area contributed by atoms with E-state index in [4.69, 9.17) is 0 Å². The van der Waals surface area contributed by atoms with Crippen molar-refractivity contribution in [3.8, 4) is 0 Å². The second kappa shape index (κ2) is 11.2. The number of nitrogens with zero attached hydrogens (tertiary/aromatic N) is 2. The fourth-order valence-corrected chi connectivity index (χ4v) is 5.23. The van der Waals surface area contributed by atoms with E-state index in [9.17, 15) is 4.79 Å². The average Bonchev–Trinajstić information content (AvgIpc) is 2.90. The standard InChI is InChI=1S/C31H37N3O/c1-24-14-17-33(18-15-24)21-26-8-6-25(7-9-26)20-32-31(35)29-12-10-27(11-13-29)22-34-19-16-28-4-2-3-5-30(28)23-34/h2-13,24H,14-23H2,1H3,(H,32,35). The van der Waals surface area contributed by atoms with Gasteiger partial charge in [0, 0.05) is 38.3 Å². The van der Waals surface area contributed by atoms with Gasteiger partial charge in [-0.3, -0.25) is 14.6 Å². The molecule has 0 radical (unpaired) electrons. The van der Waals surface area contributed by atoms with Crippen LogP contribution in [-0.2, 0) is 32.6 Å². The molecular weight excluding hydrogens is 430 g/mol. The monoisotopic (exact) mass is 467 g/mol. The van der Waals surface area contributed by atoms with Crippen molar-refractivity contribution in [1.82, 2.24) is 15.1 Å².